The predicted octanol–water partition coefficient (Wildman–Crippen LogP) is 4.01. The topological polar surface area (TPSA) is 47.6 Å². The molecule has 0 radical (unpaired) electrons. The zero-order valence-electron chi connectivity index (χ0n) is 13.1. The summed E-state index contributed by atoms with van der Waals surface area (Å²) in [7, 11) is 2.93. The van der Waals surface area contributed by atoms with E-state index >= 15 is 0 Å². The minimum absolute atomic E-state index is 0.00746. The first-order valence-electron chi connectivity index (χ1n) is 7.46. The van der Waals surface area contributed by atoms with Gasteiger partial charge in [0.25, 0.3) is 0 Å². The van der Waals surface area contributed by atoms with Gasteiger partial charge >= 0.3 is 6.18 Å². The van der Waals surface area contributed by atoms with Crippen molar-refractivity contribution in [2.45, 2.75) is 31.9 Å². The highest BCUT2D eigenvalue weighted by Crippen LogP contribution is 2.42. The smallest absolute Gasteiger partial charge is 0.392 e. The van der Waals surface area contributed by atoms with Crippen molar-refractivity contribution in [3.63, 3.8) is 0 Å². The first kappa shape index (κ1) is 17.4. The van der Waals surface area contributed by atoms with Crippen LogP contribution in [0.3, 0.4) is 0 Å². The van der Waals surface area contributed by atoms with E-state index in [1.54, 1.807) is 12.1 Å². The first-order valence-corrected chi connectivity index (χ1v) is 7.46. The fraction of sp³-hybridized carbons (Fsp3) is 0.562. The Hall–Kier alpha value is -1.92. The number of carbonyl (C=O) groups is 1. The lowest BCUT2D eigenvalue weighted by Gasteiger charge is -2.32. The van der Waals surface area contributed by atoms with Crippen LogP contribution in [0.5, 0.6) is 11.5 Å². The van der Waals surface area contributed by atoms with Crippen molar-refractivity contribution < 1.29 is 27.4 Å². The summed E-state index contributed by atoms with van der Waals surface area (Å²) in [5, 5.41) is 2.57. The SMILES string of the molecule is COc1ccc(NC(=O)[C@@H]2CCCC[C@@H]2C(F)(F)F)cc1OC. The number of alkyl halides is 3. The largest absolute Gasteiger partial charge is 0.493 e. The van der Waals surface area contributed by atoms with E-state index in [4.69, 9.17) is 9.47 Å². The number of nitrogens with one attached hydrogen (secondary N) is 1. The second-order valence-electron chi connectivity index (χ2n) is 5.60. The van der Waals surface area contributed by atoms with Crippen molar-refractivity contribution >= 4 is 11.6 Å². The molecule has 1 N–H and O–H groups in total. The van der Waals surface area contributed by atoms with Gasteiger partial charge in [0.05, 0.1) is 20.1 Å². The summed E-state index contributed by atoms with van der Waals surface area (Å²) in [6, 6.07) is 4.70. The van der Waals surface area contributed by atoms with E-state index < -0.39 is 23.9 Å². The van der Waals surface area contributed by atoms with Crippen LogP contribution >= 0.6 is 0 Å². The minimum Gasteiger partial charge on any atom is -0.493 e. The third kappa shape index (κ3) is 4.09. The summed E-state index contributed by atoms with van der Waals surface area (Å²) in [4.78, 5) is 12.3. The van der Waals surface area contributed by atoms with Crippen LogP contribution in [0, 0.1) is 11.8 Å². The van der Waals surface area contributed by atoms with Crippen LogP contribution in [0.1, 0.15) is 25.7 Å². The molecule has 1 aromatic carbocycles. The van der Waals surface area contributed by atoms with Crippen LogP contribution in [0.4, 0.5) is 18.9 Å². The Balaban J connectivity index is 2.14. The molecule has 0 unspecified atom stereocenters. The van der Waals surface area contributed by atoms with E-state index in [0.717, 1.165) is 0 Å². The second kappa shape index (κ2) is 7.10. The molecule has 0 aromatic heterocycles. The summed E-state index contributed by atoms with van der Waals surface area (Å²) >= 11 is 0. The van der Waals surface area contributed by atoms with E-state index in [9.17, 15) is 18.0 Å². The Morgan fingerprint density at radius 1 is 1.13 bits per heavy atom. The number of hydrogen-bond donors (Lipinski definition) is 1. The first-order chi connectivity index (χ1) is 10.9. The van der Waals surface area contributed by atoms with Crippen molar-refractivity contribution in [3.8, 4) is 11.5 Å². The molecule has 23 heavy (non-hydrogen) atoms. The lowest BCUT2D eigenvalue weighted by Crippen LogP contribution is -2.39. The van der Waals surface area contributed by atoms with Gasteiger partial charge in [0.2, 0.25) is 5.91 Å². The third-order valence-corrected chi connectivity index (χ3v) is 4.17. The molecular weight excluding hydrogens is 311 g/mol. The standard InChI is InChI=1S/C16H20F3NO3/c1-22-13-8-7-10(9-14(13)23-2)20-15(21)11-5-3-4-6-12(11)16(17,18)19/h7-9,11-12H,3-6H2,1-2H3,(H,20,21)/t11-,12+/m1/s1. The molecule has 1 amide bonds. The number of hydrogen-bond acceptors (Lipinski definition) is 3. The van der Waals surface area contributed by atoms with E-state index in [1.807, 2.05) is 0 Å². The van der Waals surface area contributed by atoms with Gasteiger partial charge in [-0.15, -0.1) is 0 Å². The fourth-order valence-corrected chi connectivity index (χ4v) is 2.99. The molecule has 0 aliphatic heterocycles. The van der Waals surface area contributed by atoms with Crippen LogP contribution < -0.4 is 14.8 Å². The molecule has 1 saturated carbocycles. The normalized spacial score (nSPS) is 21.6. The van der Waals surface area contributed by atoms with E-state index in [1.165, 1.54) is 20.3 Å². The van der Waals surface area contributed by atoms with Crippen LogP contribution in [0.2, 0.25) is 0 Å². The highest BCUT2D eigenvalue weighted by atomic mass is 19.4. The van der Waals surface area contributed by atoms with Crippen molar-refractivity contribution in [1.82, 2.24) is 0 Å². The Kier molecular flexibility index (Phi) is 5.38. The number of methoxy groups -OCH3 is 2. The summed E-state index contributed by atoms with van der Waals surface area (Å²) in [6.45, 7) is 0. The Labute approximate surface area is 133 Å². The van der Waals surface area contributed by atoms with Gasteiger partial charge in [-0.3, -0.25) is 4.79 Å². The number of ether oxygens (including phenoxy) is 2. The Bertz CT molecular complexity index is 560. The number of rotatable bonds is 4. The maximum Gasteiger partial charge on any atom is 0.392 e. The van der Waals surface area contributed by atoms with Gasteiger partial charge in [-0.1, -0.05) is 12.8 Å². The third-order valence-electron chi connectivity index (χ3n) is 4.17. The van der Waals surface area contributed by atoms with Gasteiger partial charge in [0.15, 0.2) is 11.5 Å². The molecule has 1 aromatic rings. The maximum absolute atomic E-state index is 13.1. The molecule has 2 rings (SSSR count). The van der Waals surface area contributed by atoms with Crippen molar-refractivity contribution in [2.24, 2.45) is 11.8 Å². The van der Waals surface area contributed by atoms with Crippen LogP contribution in [-0.2, 0) is 4.79 Å². The highest BCUT2D eigenvalue weighted by molar-refractivity contribution is 5.93. The van der Waals surface area contributed by atoms with E-state index in [-0.39, 0.29) is 12.8 Å². The molecule has 0 bridgehead atoms. The number of benzene rings is 1. The quantitative estimate of drug-likeness (QED) is 0.907. The number of anilines is 1. The van der Waals surface area contributed by atoms with E-state index in [0.29, 0.717) is 30.0 Å². The average Bonchev–Trinajstić information content (AvgIpc) is 2.53. The summed E-state index contributed by atoms with van der Waals surface area (Å²) in [6.07, 6.45) is -2.95. The molecule has 1 fully saturated rings. The Morgan fingerprint density at radius 3 is 2.39 bits per heavy atom. The molecule has 0 spiro atoms. The molecule has 1 aliphatic rings. The van der Waals surface area contributed by atoms with E-state index in [2.05, 4.69) is 5.32 Å². The van der Waals surface area contributed by atoms with Crippen molar-refractivity contribution in [2.75, 3.05) is 19.5 Å². The van der Waals surface area contributed by atoms with Gasteiger partial charge in [-0.2, -0.15) is 13.2 Å². The minimum atomic E-state index is -4.35. The summed E-state index contributed by atoms with van der Waals surface area (Å²) in [5.41, 5.74) is 0.388. The molecule has 4 nitrogen and oxygen atoms in total. The predicted molar refractivity (Wildman–Crippen MR) is 79.7 cm³/mol. The maximum atomic E-state index is 13.1. The molecule has 7 heteroatoms. The van der Waals surface area contributed by atoms with Crippen molar-refractivity contribution in [3.05, 3.63) is 18.2 Å². The van der Waals surface area contributed by atoms with Gasteiger partial charge in [0, 0.05) is 17.7 Å². The fourth-order valence-electron chi connectivity index (χ4n) is 2.99. The molecule has 0 heterocycles. The molecule has 128 valence electrons. The lowest BCUT2D eigenvalue weighted by atomic mass is 9.78. The van der Waals surface area contributed by atoms with Gasteiger partial charge in [-0.25, -0.2) is 0 Å². The van der Waals surface area contributed by atoms with Crippen LogP contribution in [0.15, 0.2) is 18.2 Å². The zero-order valence-corrected chi connectivity index (χ0v) is 13.1. The van der Waals surface area contributed by atoms with Gasteiger partial charge < -0.3 is 14.8 Å². The molecule has 1 aliphatic carbocycles. The molecule has 2 atom stereocenters. The number of amides is 1. The summed E-state index contributed by atoms with van der Waals surface area (Å²) < 4.78 is 49.5. The number of halogens is 3. The molecule has 0 saturated heterocycles. The van der Waals surface area contributed by atoms with Gasteiger partial charge in [0.1, 0.15) is 0 Å². The zero-order chi connectivity index (χ0) is 17.0. The van der Waals surface area contributed by atoms with Gasteiger partial charge in [-0.05, 0) is 25.0 Å². The molecular formula is C16H20F3NO3. The monoisotopic (exact) mass is 331 g/mol. The lowest BCUT2D eigenvalue weighted by molar-refractivity contribution is -0.197. The summed E-state index contributed by atoms with van der Waals surface area (Å²) in [5.74, 6) is -2.33. The van der Waals surface area contributed by atoms with Crippen LogP contribution in [0.25, 0.3) is 0 Å². The highest BCUT2D eigenvalue weighted by Gasteiger charge is 2.48. The van der Waals surface area contributed by atoms with Crippen LogP contribution in [-0.4, -0.2) is 26.3 Å². The average molecular weight is 331 g/mol. The number of carbonyl (C=O) groups excluding carboxylic acids is 1. The second-order valence-corrected chi connectivity index (χ2v) is 5.60. The Morgan fingerprint density at radius 2 is 1.78 bits per heavy atom. The van der Waals surface area contributed by atoms with Crippen molar-refractivity contribution in [1.29, 1.82) is 0 Å².